The van der Waals surface area contributed by atoms with Gasteiger partial charge in [-0.25, -0.2) is 0 Å². The molecule has 1 aromatic rings. The summed E-state index contributed by atoms with van der Waals surface area (Å²) in [5.41, 5.74) is 0.557. The van der Waals surface area contributed by atoms with Crippen LogP contribution < -0.4 is 9.64 Å². The third-order valence-corrected chi connectivity index (χ3v) is 3.13. The number of nitro groups is 1. The number of fused-ring (bicyclic) bond motifs is 1. The fourth-order valence-electron chi connectivity index (χ4n) is 2.14. The molecule has 0 bridgehead atoms. The molecule has 1 atom stereocenters. The molecule has 0 radical (unpaired) electrons. The van der Waals surface area contributed by atoms with Gasteiger partial charge in [-0.15, -0.1) is 0 Å². The lowest BCUT2D eigenvalue weighted by molar-refractivity contribution is -0.384. The SMILES string of the molecule is CCN1C(=O)C(C(C)C)Oc2cc([N+](=O)[O-])ccc21. The van der Waals surface area contributed by atoms with E-state index in [4.69, 9.17) is 4.74 Å². The van der Waals surface area contributed by atoms with Crippen LogP contribution in [-0.4, -0.2) is 23.5 Å². The van der Waals surface area contributed by atoms with Crippen molar-refractivity contribution in [1.29, 1.82) is 0 Å². The van der Waals surface area contributed by atoms with Crippen LogP contribution in [0.3, 0.4) is 0 Å². The second kappa shape index (κ2) is 4.87. The van der Waals surface area contributed by atoms with Gasteiger partial charge in [0.1, 0.15) is 0 Å². The van der Waals surface area contributed by atoms with Gasteiger partial charge in [0.2, 0.25) is 0 Å². The average Bonchev–Trinajstić information content (AvgIpc) is 2.37. The molecule has 0 spiro atoms. The van der Waals surface area contributed by atoms with E-state index in [1.54, 1.807) is 11.0 Å². The van der Waals surface area contributed by atoms with Gasteiger partial charge in [-0.3, -0.25) is 14.9 Å². The van der Waals surface area contributed by atoms with Crippen LogP contribution in [0.4, 0.5) is 11.4 Å². The molecule has 6 heteroatoms. The molecule has 0 fully saturated rings. The first kappa shape index (κ1) is 13.3. The van der Waals surface area contributed by atoms with Crippen LogP contribution in [0.5, 0.6) is 5.75 Å². The maximum Gasteiger partial charge on any atom is 0.273 e. The number of hydrogen-bond donors (Lipinski definition) is 0. The van der Waals surface area contributed by atoms with E-state index in [2.05, 4.69) is 0 Å². The van der Waals surface area contributed by atoms with Crippen molar-refractivity contribution < 1.29 is 14.5 Å². The van der Waals surface area contributed by atoms with Crippen molar-refractivity contribution in [2.45, 2.75) is 26.9 Å². The van der Waals surface area contributed by atoms with E-state index in [0.717, 1.165) is 0 Å². The Balaban J connectivity index is 2.48. The largest absolute Gasteiger partial charge is 0.478 e. The Hall–Kier alpha value is -2.11. The number of amides is 1. The number of nitro benzene ring substituents is 1. The highest BCUT2D eigenvalue weighted by molar-refractivity contribution is 6.00. The molecule has 1 heterocycles. The number of rotatable bonds is 3. The van der Waals surface area contributed by atoms with Crippen LogP contribution >= 0.6 is 0 Å². The molecule has 1 aliphatic heterocycles. The molecule has 1 unspecified atom stereocenters. The molecule has 0 saturated heterocycles. The van der Waals surface area contributed by atoms with Gasteiger partial charge in [0.15, 0.2) is 11.9 Å². The summed E-state index contributed by atoms with van der Waals surface area (Å²) in [5.74, 6) is 0.308. The molecule has 0 saturated carbocycles. The molecule has 102 valence electrons. The van der Waals surface area contributed by atoms with Crippen LogP contribution in [-0.2, 0) is 4.79 Å². The Labute approximate surface area is 111 Å². The topological polar surface area (TPSA) is 72.7 Å². The van der Waals surface area contributed by atoms with Crippen LogP contribution in [0.2, 0.25) is 0 Å². The van der Waals surface area contributed by atoms with Crippen LogP contribution in [0, 0.1) is 16.0 Å². The lowest BCUT2D eigenvalue weighted by Gasteiger charge is -2.35. The summed E-state index contributed by atoms with van der Waals surface area (Å²) >= 11 is 0. The van der Waals surface area contributed by atoms with E-state index in [0.29, 0.717) is 18.0 Å². The smallest absolute Gasteiger partial charge is 0.273 e. The van der Waals surface area contributed by atoms with Crippen molar-refractivity contribution in [2.75, 3.05) is 11.4 Å². The third-order valence-electron chi connectivity index (χ3n) is 3.13. The fourth-order valence-corrected chi connectivity index (χ4v) is 2.14. The van der Waals surface area contributed by atoms with E-state index in [9.17, 15) is 14.9 Å². The van der Waals surface area contributed by atoms with Gasteiger partial charge in [0, 0.05) is 12.6 Å². The zero-order valence-corrected chi connectivity index (χ0v) is 11.1. The van der Waals surface area contributed by atoms with E-state index < -0.39 is 11.0 Å². The number of hydrogen-bond acceptors (Lipinski definition) is 4. The number of benzene rings is 1. The summed E-state index contributed by atoms with van der Waals surface area (Å²) in [6.07, 6.45) is -0.588. The highest BCUT2D eigenvalue weighted by atomic mass is 16.6. The highest BCUT2D eigenvalue weighted by Gasteiger charge is 2.36. The van der Waals surface area contributed by atoms with Crippen LogP contribution in [0.1, 0.15) is 20.8 Å². The molecular weight excluding hydrogens is 248 g/mol. The van der Waals surface area contributed by atoms with E-state index in [1.807, 2.05) is 20.8 Å². The maximum absolute atomic E-state index is 12.2. The normalized spacial score (nSPS) is 18.2. The first-order valence-electron chi connectivity index (χ1n) is 6.22. The minimum Gasteiger partial charge on any atom is -0.478 e. The maximum atomic E-state index is 12.2. The quantitative estimate of drug-likeness (QED) is 0.620. The van der Waals surface area contributed by atoms with E-state index in [-0.39, 0.29) is 17.5 Å². The Bertz CT molecular complexity index is 527. The van der Waals surface area contributed by atoms with Gasteiger partial charge in [0.05, 0.1) is 16.7 Å². The molecule has 19 heavy (non-hydrogen) atoms. The van der Waals surface area contributed by atoms with Gasteiger partial charge in [-0.2, -0.15) is 0 Å². The molecule has 0 N–H and O–H groups in total. The average molecular weight is 264 g/mol. The number of nitrogens with zero attached hydrogens (tertiary/aromatic N) is 2. The molecular formula is C13H16N2O4. The van der Waals surface area contributed by atoms with Gasteiger partial charge in [-0.05, 0) is 18.9 Å². The van der Waals surface area contributed by atoms with Gasteiger partial charge < -0.3 is 9.64 Å². The predicted octanol–water partition coefficient (Wildman–Crippen LogP) is 2.36. The Kier molecular flexibility index (Phi) is 3.42. The number of ether oxygens (including phenoxy) is 1. The van der Waals surface area contributed by atoms with Crippen molar-refractivity contribution in [3.05, 3.63) is 28.3 Å². The Morgan fingerprint density at radius 1 is 1.47 bits per heavy atom. The summed E-state index contributed by atoms with van der Waals surface area (Å²) in [7, 11) is 0. The lowest BCUT2D eigenvalue weighted by atomic mass is 10.0. The Morgan fingerprint density at radius 3 is 2.68 bits per heavy atom. The number of non-ortho nitro benzene ring substituents is 1. The number of likely N-dealkylation sites (N-methyl/N-ethyl adjacent to an activating group) is 1. The minimum absolute atomic E-state index is 0.00830. The number of anilines is 1. The first-order chi connectivity index (χ1) is 8.95. The lowest BCUT2D eigenvalue weighted by Crippen LogP contribution is -2.48. The zero-order chi connectivity index (χ0) is 14.2. The molecule has 0 aromatic heterocycles. The Morgan fingerprint density at radius 2 is 2.16 bits per heavy atom. The standard InChI is InChI=1S/C13H16N2O4/c1-4-14-10-6-5-9(15(17)18)7-11(10)19-12(8(2)3)13(14)16/h5-8,12H,4H2,1-3H3. The molecule has 1 aromatic carbocycles. The third kappa shape index (κ3) is 2.25. The summed E-state index contributed by atoms with van der Waals surface area (Å²) < 4.78 is 5.63. The van der Waals surface area contributed by atoms with E-state index >= 15 is 0 Å². The fraction of sp³-hybridized carbons (Fsp3) is 0.462. The van der Waals surface area contributed by atoms with E-state index in [1.165, 1.54) is 12.1 Å². The van der Waals surface area contributed by atoms with Gasteiger partial charge >= 0.3 is 0 Å². The highest BCUT2D eigenvalue weighted by Crippen LogP contribution is 2.37. The summed E-state index contributed by atoms with van der Waals surface area (Å²) in [6, 6.07) is 4.32. The van der Waals surface area contributed by atoms with Crippen molar-refractivity contribution >= 4 is 17.3 Å². The van der Waals surface area contributed by atoms with Crippen molar-refractivity contribution in [1.82, 2.24) is 0 Å². The minimum atomic E-state index is -0.588. The molecule has 0 aliphatic carbocycles. The second-order valence-corrected chi connectivity index (χ2v) is 4.77. The second-order valence-electron chi connectivity index (χ2n) is 4.77. The summed E-state index contributed by atoms with van der Waals surface area (Å²) in [4.78, 5) is 24.2. The summed E-state index contributed by atoms with van der Waals surface area (Å²) in [5, 5.41) is 10.8. The van der Waals surface area contributed by atoms with Gasteiger partial charge in [-0.1, -0.05) is 13.8 Å². The molecule has 6 nitrogen and oxygen atoms in total. The van der Waals surface area contributed by atoms with Crippen LogP contribution in [0.25, 0.3) is 0 Å². The number of carbonyl (C=O) groups is 1. The van der Waals surface area contributed by atoms with Crippen molar-refractivity contribution in [3.63, 3.8) is 0 Å². The monoisotopic (exact) mass is 264 g/mol. The molecule has 1 aliphatic rings. The first-order valence-corrected chi connectivity index (χ1v) is 6.22. The van der Waals surface area contributed by atoms with Crippen molar-refractivity contribution in [2.24, 2.45) is 5.92 Å². The molecule has 1 amide bonds. The summed E-state index contributed by atoms with van der Waals surface area (Å²) in [6.45, 7) is 6.15. The predicted molar refractivity (Wildman–Crippen MR) is 70.4 cm³/mol. The number of carbonyl (C=O) groups excluding carboxylic acids is 1. The van der Waals surface area contributed by atoms with Crippen molar-refractivity contribution in [3.8, 4) is 5.75 Å². The van der Waals surface area contributed by atoms with Crippen LogP contribution in [0.15, 0.2) is 18.2 Å². The zero-order valence-electron chi connectivity index (χ0n) is 11.1. The molecule has 2 rings (SSSR count). The van der Waals surface area contributed by atoms with Gasteiger partial charge in [0.25, 0.3) is 11.6 Å².